The molecule has 1 N–H and O–H groups in total. The number of pyridine rings is 1. The molecule has 6 heterocycles. The fraction of sp³-hybridized carbons (Fsp3) is 0.552. The van der Waals surface area contributed by atoms with E-state index in [1.807, 2.05) is 0 Å². The molecule has 7 nitrogen and oxygen atoms in total. The number of benzene rings is 1. The normalized spacial score (nSPS) is 28.0. The molecule has 0 amide bonds. The van der Waals surface area contributed by atoms with Crippen molar-refractivity contribution in [1.82, 2.24) is 25.2 Å². The first-order valence-corrected chi connectivity index (χ1v) is 14.2. The number of nitrogens with one attached hydrogen (secondary N) is 1. The summed E-state index contributed by atoms with van der Waals surface area (Å²) in [6.45, 7) is 2.69. The van der Waals surface area contributed by atoms with Gasteiger partial charge in [-0.15, -0.1) is 0 Å². The summed E-state index contributed by atoms with van der Waals surface area (Å²) in [6, 6.07) is 6.35. The molecule has 0 spiro atoms. The first-order chi connectivity index (χ1) is 19.7. The number of ether oxygens (including phenoxy) is 1. The number of hydrogen-bond donors (Lipinski definition) is 1. The van der Waals surface area contributed by atoms with E-state index in [2.05, 4.69) is 25.1 Å². The predicted octanol–water partition coefficient (Wildman–Crippen LogP) is 4.83. The summed E-state index contributed by atoms with van der Waals surface area (Å²) in [5.41, 5.74) is -0.710. The van der Waals surface area contributed by atoms with E-state index in [4.69, 9.17) is 9.72 Å². The van der Waals surface area contributed by atoms with Crippen LogP contribution in [0.4, 0.5) is 27.8 Å². The van der Waals surface area contributed by atoms with Crippen LogP contribution < -0.4 is 15.0 Å². The molecule has 3 aromatic rings. The van der Waals surface area contributed by atoms with E-state index in [0.29, 0.717) is 37.3 Å². The minimum atomic E-state index is -4.46. The minimum Gasteiger partial charge on any atom is -0.461 e. The molecule has 12 heteroatoms. The largest absolute Gasteiger partial charge is 0.461 e. The molecule has 0 aliphatic carbocycles. The molecule has 4 atom stereocenters. The number of alkyl halides is 4. The molecule has 7 rings (SSSR count). The molecule has 218 valence electrons. The van der Waals surface area contributed by atoms with Gasteiger partial charge in [0.25, 0.3) is 0 Å². The zero-order chi connectivity index (χ0) is 28.4. The highest BCUT2D eigenvalue weighted by atomic mass is 19.4. The average Bonchev–Trinajstić information content (AvgIpc) is 3.57. The second-order valence-corrected chi connectivity index (χ2v) is 11.9. The molecular weight excluding hydrogens is 543 g/mol. The van der Waals surface area contributed by atoms with Gasteiger partial charge in [0.2, 0.25) is 0 Å². The van der Waals surface area contributed by atoms with Crippen LogP contribution in [0, 0.1) is 5.82 Å². The van der Waals surface area contributed by atoms with Crippen molar-refractivity contribution >= 4 is 16.7 Å². The summed E-state index contributed by atoms with van der Waals surface area (Å²) in [5, 5.41) is 3.94. The van der Waals surface area contributed by atoms with Gasteiger partial charge in [0, 0.05) is 49.9 Å². The smallest absolute Gasteiger partial charge is 0.393 e. The summed E-state index contributed by atoms with van der Waals surface area (Å²) < 4.78 is 76.7. The van der Waals surface area contributed by atoms with Crippen LogP contribution in [0.5, 0.6) is 6.01 Å². The van der Waals surface area contributed by atoms with E-state index in [9.17, 15) is 17.6 Å². The van der Waals surface area contributed by atoms with Crippen LogP contribution in [0.25, 0.3) is 22.2 Å². The maximum atomic E-state index is 16.3. The van der Waals surface area contributed by atoms with Crippen molar-refractivity contribution in [3.63, 3.8) is 0 Å². The van der Waals surface area contributed by atoms with Gasteiger partial charge < -0.3 is 15.0 Å². The molecule has 0 saturated carbocycles. The Morgan fingerprint density at radius 3 is 2.63 bits per heavy atom. The van der Waals surface area contributed by atoms with Crippen LogP contribution in [-0.2, 0) is 6.42 Å². The maximum absolute atomic E-state index is 16.3. The lowest BCUT2D eigenvalue weighted by molar-refractivity contribution is -0.127. The van der Waals surface area contributed by atoms with Gasteiger partial charge in [-0.25, -0.2) is 8.78 Å². The third kappa shape index (κ3) is 4.98. The van der Waals surface area contributed by atoms with E-state index >= 15 is 4.39 Å². The fourth-order valence-electron chi connectivity index (χ4n) is 7.25. The highest BCUT2D eigenvalue weighted by Gasteiger charge is 2.49. The molecule has 4 aliphatic heterocycles. The highest BCUT2D eigenvalue weighted by Crippen LogP contribution is 2.41. The monoisotopic (exact) mass is 574 g/mol. The number of aromatic nitrogens is 3. The Bertz CT molecular complexity index is 1460. The molecule has 2 bridgehead atoms. The summed E-state index contributed by atoms with van der Waals surface area (Å²) >= 11 is 0. The number of hydrogen-bond acceptors (Lipinski definition) is 7. The van der Waals surface area contributed by atoms with Gasteiger partial charge in [0.15, 0.2) is 5.82 Å². The molecule has 0 radical (unpaired) electrons. The van der Waals surface area contributed by atoms with Gasteiger partial charge in [-0.05, 0) is 37.8 Å². The van der Waals surface area contributed by atoms with Crippen LogP contribution in [0.3, 0.4) is 0 Å². The van der Waals surface area contributed by atoms with Crippen molar-refractivity contribution < 1.29 is 26.7 Å². The molecule has 4 aliphatic rings. The maximum Gasteiger partial charge on any atom is 0.393 e. The third-order valence-electron chi connectivity index (χ3n) is 9.05. The second-order valence-electron chi connectivity index (χ2n) is 11.9. The number of piperazine rings is 1. The fourth-order valence-corrected chi connectivity index (χ4v) is 7.25. The first kappa shape index (κ1) is 26.8. The zero-order valence-corrected chi connectivity index (χ0v) is 22.4. The number of fused-ring (bicyclic) bond motifs is 4. The van der Waals surface area contributed by atoms with Gasteiger partial charge >= 0.3 is 12.2 Å². The number of nitrogens with zero attached hydrogens (tertiary/aromatic N) is 5. The summed E-state index contributed by atoms with van der Waals surface area (Å²) in [5.74, 6) is -0.338. The van der Waals surface area contributed by atoms with Gasteiger partial charge in [-0.3, -0.25) is 9.88 Å². The number of anilines is 1. The predicted molar refractivity (Wildman–Crippen MR) is 143 cm³/mol. The molecule has 2 aromatic heterocycles. The summed E-state index contributed by atoms with van der Waals surface area (Å²) in [7, 11) is 0. The van der Waals surface area contributed by atoms with Crippen LogP contribution >= 0.6 is 0 Å². The Labute approximate surface area is 234 Å². The summed E-state index contributed by atoms with van der Waals surface area (Å²) in [4.78, 5) is 17.7. The van der Waals surface area contributed by atoms with Gasteiger partial charge in [0.05, 0.1) is 17.3 Å². The van der Waals surface area contributed by atoms with E-state index < -0.39 is 30.1 Å². The Morgan fingerprint density at radius 1 is 1.07 bits per heavy atom. The number of rotatable bonds is 6. The Morgan fingerprint density at radius 2 is 1.85 bits per heavy atom. The van der Waals surface area contributed by atoms with Crippen molar-refractivity contribution in [3.05, 3.63) is 41.8 Å². The SMILES string of the molecule is Fc1c(-c2ccccc2CC(F)(F)F)ncc2c(N3CC4CCC(C3)N4)nc(OC[C@@]34CCCN3C[C@H](F)C4)nc12. The Kier molecular flexibility index (Phi) is 6.53. The van der Waals surface area contributed by atoms with Crippen molar-refractivity contribution in [2.75, 3.05) is 37.7 Å². The molecular formula is C29H31F5N6O. The van der Waals surface area contributed by atoms with Gasteiger partial charge in [0.1, 0.15) is 29.8 Å². The van der Waals surface area contributed by atoms with Crippen molar-refractivity contribution in [1.29, 1.82) is 0 Å². The molecule has 1 aromatic carbocycles. The van der Waals surface area contributed by atoms with E-state index in [1.165, 1.54) is 24.4 Å². The molecule has 4 fully saturated rings. The minimum absolute atomic E-state index is 0.0264. The Hall–Kier alpha value is -3.12. The topological polar surface area (TPSA) is 66.4 Å². The van der Waals surface area contributed by atoms with E-state index in [-0.39, 0.29) is 47.0 Å². The quantitative estimate of drug-likeness (QED) is 0.423. The van der Waals surface area contributed by atoms with Crippen molar-refractivity contribution in [2.45, 2.75) is 68.5 Å². The lowest BCUT2D eigenvalue weighted by Gasteiger charge is -2.34. The van der Waals surface area contributed by atoms with E-state index in [1.54, 1.807) is 6.07 Å². The molecule has 41 heavy (non-hydrogen) atoms. The lowest BCUT2D eigenvalue weighted by Crippen LogP contribution is -2.51. The second kappa shape index (κ2) is 10.0. The third-order valence-corrected chi connectivity index (χ3v) is 9.05. The standard InChI is InChI=1S/C29H31F5N6O/c30-18-11-28(8-3-9-40(28)13-18)16-41-27-37-25-22(26(38-27)39-14-19-6-7-20(15-39)36-19)12-35-24(23(25)31)21-5-2-1-4-17(21)10-29(32,33)34/h1-2,4-5,12,18-20,36H,3,6-11,13-16H2/t18-,19?,20?,28+/m1/s1. The highest BCUT2D eigenvalue weighted by molar-refractivity contribution is 5.92. The van der Waals surface area contributed by atoms with Crippen LogP contribution in [0.2, 0.25) is 0 Å². The zero-order valence-electron chi connectivity index (χ0n) is 22.4. The lowest BCUT2D eigenvalue weighted by atomic mass is 9.95. The van der Waals surface area contributed by atoms with Crippen LogP contribution in [0.15, 0.2) is 30.5 Å². The van der Waals surface area contributed by atoms with E-state index in [0.717, 1.165) is 32.2 Å². The summed E-state index contributed by atoms with van der Waals surface area (Å²) in [6.07, 6.45) is -0.969. The molecule has 4 saturated heterocycles. The van der Waals surface area contributed by atoms with Gasteiger partial charge in [-0.2, -0.15) is 23.1 Å². The average molecular weight is 575 g/mol. The van der Waals surface area contributed by atoms with Crippen LogP contribution in [-0.4, -0.2) is 82.6 Å². The first-order valence-electron chi connectivity index (χ1n) is 14.2. The number of halogens is 5. The van der Waals surface area contributed by atoms with Crippen molar-refractivity contribution in [3.8, 4) is 17.3 Å². The van der Waals surface area contributed by atoms with Crippen molar-refractivity contribution in [2.24, 2.45) is 0 Å². The van der Waals surface area contributed by atoms with Crippen LogP contribution in [0.1, 0.15) is 37.7 Å². The Balaban J connectivity index is 1.30. The molecule has 2 unspecified atom stereocenters. The van der Waals surface area contributed by atoms with Gasteiger partial charge in [-0.1, -0.05) is 24.3 Å².